The second kappa shape index (κ2) is 15.2. The third-order valence-corrected chi connectivity index (χ3v) is 14.8. The van der Waals surface area contributed by atoms with E-state index in [1.165, 1.54) is 63.4 Å². The van der Waals surface area contributed by atoms with Crippen LogP contribution < -0.4 is 5.32 Å². The second-order valence-corrected chi connectivity index (χ2v) is 18.3. The number of aliphatic hydroxyl groups is 1. The molecule has 0 saturated heterocycles. The minimum absolute atomic E-state index is 0.0465. The van der Waals surface area contributed by atoms with Crippen molar-refractivity contribution in [2.75, 3.05) is 12.4 Å². The molecule has 7 atom stereocenters. The fourth-order valence-corrected chi connectivity index (χ4v) is 11.5. The fourth-order valence-electron chi connectivity index (χ4n) is 11.4. The monoisotopic (exact) mass is 673 g/mol. The smallest absolute Gasteiger partial charge is 0.340 e. The van der Waals surface area contributed by atoms with Gasteiger partial charge in [0.2, 0.25) is 0 Å². The molecule has 0 bridgehead atoms. The Kier molecular flexibility index (Phi) is 12.4. The van der Waals surface area contributed by atoms with Gasteiger partial charge in [0.05, 0.1) is 17.9 Å². The molecule has 5 aliphatic rings. The van der Waals surface area contributed by atoms with E-state index in [9.17, 15) is 14.8 Å². The topological polar surface area (TPSA) is 82.0 Å². The first-order valence-electron chi connectivity index (χ1n) is 19.1. The van der Waals surface area contributed by atoms with Gasteiger partial charge in [0, 0.05) is 11.9 Å². The summed E-state index contributed by atoms with van der Waals surface area (Å²) in [7, 11) is 0. The number of alkyl halides is 1. The molecule has 0 aromatic carbocycles. The van der Waals surface area contributed by atoms with Gasteiger partial charge in [-0.3, -0.25) is 0 Å². The maximum atomic E-state index is 11.6. The van der Waals surface area contributed by atoms with Crippen molar-refractivity contribution in [3.05, 3.63) is 27.7 Å². The van der Waals surface area contributed by atoms with Crippen molar-refractivity contribution in [2.45, 2.75) is 164 Å². The molecule has 0 heterocycles. The number of carbonyl (C=O) groups excluding carboxylic acids is 1. The van der Waals surface area contributed by atoms with Crippen LogP contribution in [0.1, 0.15) is 152 Å². The Bertz CT molecular complexity index is 1170. The number of hydrogen-bond acceptors (Lipinski definition) is 4. The van der Waals surface area contributed by atoms with Crippen molar-refractivity contribution in [1.82, 2.24) is 10.3 Å². The van der Waals surface area contributed by atoms with Crippen molar-refractivity contribution in [1.29, 1.82) is 0 Å². The summed E-state index contributed by atoms with van der Waals surface area (Å²) in [6.45, 7) is 22.0. The van der Waals surface area contributed by atoms with Crippen LogP contribution in [0.3, 0.4) is 0 Å². The largest absolute Gasteiger partial charge is 0.393 e. The molecule has 3 saturated carbocycles. The summed E-state index contributed by atoms with van der Waals surface area (Å²) < 4.78 is 0. The number of allylic oxidation sites excluding steroid dienone is 4. The highest BCUT2D eigenvalue weighted by Crippen LogP contribution is 2.72. The lowest BCUT2D eigenvalue weighted by Crippen LogP contribution is -2.55. The standard InChI is InChI=1S/C30H50O.C10H18ClN3O2/c1-20(2)10-9-11-21(3)22-14-18-30(8)24-12-13-25-27(4,5)26(31)16-17-28(25,6)23(24)15-19-29(22,30)7;1-8-2-4-9(5-3-8)12-10(15)14(13-16)7-6-11/h10,21-22,25-26,31H,9,11-19H2,1-8H3;8-9H,2-7H2,1H3,(H,12,15). The van der Waals surface area contributed by atoms with Crippen LogP contribution in [0.25, 0.3) is 0 Å². The SMILES string of the molecule is CC(C)=CCCC(C)C1CCC2(C)C3=C(CCC12C)C1(C)CCC(O)C(C)(C)C1CC3.CC1CCC(NC(=O)N(CCCl)N=O)CC1. The highest BCUT2D eigenvalue weighted by molar-refractivity contribution is 6.18. The lowest BCUT2D eigenvalue weighted by Gasteiger charge is -2.62. The van der Waals surface area contributed by atoms with Crippen LogP contribution in [-0.2, 0) is 0 Å². The first-order chi connectivity index (χ1) is 22.0. The molecule has 0 aliphatic heterocycles. The van der Waals surface area contributed by atoms with Crippen LogP contribution in [0, 0.1) is 50.2 Å². The maximum Gasteiger partial charge on any atom is 0.340 e. The first-order valence-corrected chi connectivity index (χ1v) is 19.6. The minimum Gasteiger partial charge on any atom is -0.393 e. The molecule has 2 amide bonds. The summed E-state index contributed by atoms with van der Waals surface area (Å²) in [5.74, 6) is 3.26. The van der Waals surface area contributed by atoms with Crippen LogP contribution >= 0.6 is 11.6 Å². The Morgan fingerprint density at radius 2 is 1.68 bits per heavy atom. The molecule has 5 aliphatic carbocycles. The number of amides is 2. The zero-order chi connectivity index (χ0) is 34.8. The van der Waals surface area contributed by atoms with Crippen molar-refractivity contribution in [2.24, 2.45) is 50.6 Å². The van der Waals surface area contributed by atoms with Gasteiger partial charge >= 0.3 is 6.03 Å². The average Bonchev–Trinajstić information content (AvgIpc) is 3.30. The number of hydrogen-bond donors (Lipinski definition) is 2. The summed E-state index contributed by atoms with van der Waals surface area (Å²) in [6, 6.07) is -0.265. The summed E-state index contributed by atoms with van der Waals surface area (Å²) in [5, 5.41) is 17.1. The molecule has 0 aromatic rings. The minimum atomic E-state index is -0.435. The maximum absolute atomic E-state index is 11.6. The Morgan fingerprint density at radius 3 is 2.30 bits per heavy atom. The van der Waals surface area contributed by atoms with Crippen LogP contribution in [0.2, 0.25) is 0 Å². The predicted octanol–water partition coefficient (Wildman–Crippen LogP) is 11.0. The number of aliphatic hydroxyl groups excluding tert-OH is 1. The van der Waals surface area contributed by atoms with Gasteiger partial charge in [0.1, 0.15) is 0 Å². The lowest BCUT2D eigenvalue weighted by molar-refractivity contribution is -0.0962. The lowest BCUT2D eigenvalue weighted by atomic mass is 9.43. The molecular formula is C40H68ClN3O3. The molecule has 268 valence electrons. The number of carbonyl (C=O) groups is 1. The molecule has 7 unspecified atom stereocenters. The van der Waals surface area contributed by atoms with Gasteiger partial charge in [-0.25, -0.2) is 4.79 Å². The number of nitrogens with one attached hydrogen (secondary N) is 1. The van der Waals surface area contributed by atoms with Crippen molar-refractivity contribution >= 4 is 17.6 Å². The Balaban J connectivity index is 0.000000264. The normalized spacial score (nSPS) is 38.1. The highest BCUT2D eigenvalue weighted by Gasteiger charge is 2.63. The van der Waals surface area contributed by atoms with Gasteiger partial charge in [-0.2, -0.15) is 5.01 Å². The van der Waals surface area contributed by atoms with Crippen LogP contribution in [-0.4, -0.2) is 40.7 Å². The molecule has 7 heteroatoms. The average molecular weight is 674 g/mol. The van der Waals surface area contributed by atoms with Gasteiger partial charge in [-0.1, -0.05) is 71.3 Å². The Hall–Kier alpha value is -1.40. The number of halogens is 1. The van der Waals surface area contributed by atoms with Crippen LogP contribution in [0.15, 0.2) is 28.1 Å². The number of nitroso groups, excluding NO2 is 1. The molecule has 47 heavy (non-hydrogen) atoms. The summed E-state index contributed by atoms with van der Waals surface area (Å²) in [6.07, 6.45) is 19.3. The van der Waals surface area contributed by atoms with E-state index < -0.39 is 6.03 Å². The van der Waals surface area contributed by atoms with Crippen LogP contribution in [0.5, 0.6) is 0 Å². The van der Waals surface area contributed by atoms with E-state index in [-0.39, 0.29) is 30.0 Å². The fraction of sp³-hybridized carbons (Fsp3) is 0.875. The van der Waals surface area contributed by atoms with Gasteiger partial charge in [0.15, 0.2) is 0 Å². The van der Waals surface area contributed by atoms with E-state index >= 15 is 0 Å². The van der Waals surface area contributed by atoms with Gasteiger partial charge < -0.3 is 10.4 Å². The Morgan fingerprint density at radius 1 is 1.00 bits per heavy atom. The van der Waals surface area contributed by atoms with E-state index in [1.54, 1.807) is 0 Å². The third kappa shape index (κ3) is 7.54. The Labute approximate surface area is 292 Å². The highest BCUT2D eigenvalue weighted by atomic mass is 35.5. The quantitative estimate of drug-likeness (QED) is 0.116. The summed E-state index contributed by atoms with van der Waals surface area (Å²) >= 11 is 5.46. The predicted molar refractivity (Wildman–Crippen MR) is 196 cm³/mol. The van der Waals surface area contributed by atoms with E-state index in [0.717, 1.165) is 54.9 Å². The summed E-state index contributed by atoms with van der Waals surface area (Å²) in [5.41, 5.74) is 6.41. The van der Waals surface area contributed by atoms with Crippen LogP contribution in [0.4, 0.5) is 4.79 Å². The molecule has 5 rings (SSSR count). The number of urea groups is 1. The second-order valence-electron chi connectivity index (χ2n) is 17.9. The van der Waals surface area contributed by atoms with Gasteiger partial charge in [-0.05, 0) is 149 Å². The molecule has 6 nitrogen and oxygen atoms in total. The van der Waals surface area contributed by atoms with Crippen molar-refractivity contribution < 1.29 is 9.90 Å². The van der Waals surface area contributed by atoms with E-state index in [4.69, 9.17) is 11.6 Å². The number of nitrogens with zero attached hydrogens (tertiary/aromatic N) is 2. The van der Waals surface area contributed by atoms with Gasteiger partial charge in [0.25, 0.3) is 0 Å². The van der Waals surface area contributed by atoms with E-state index in [2.05, 4.69) is 79.0 Å². The molecule has 0 spiro atoms. The third-order valence-electron chi connectivity index (χ3n) is 14.6. The molecule has 3 fully saturated rings. The zero-order valence-electron chi connectivity index (χ0n) is 31.4. The zero-order valence-corrected chi connectivity index (χ0v) is 32.1. The molecular weight excluding hydrogens is 606 g/mol. The molecule has 0 radical (unpaired) electrons. The number of fused-ring (bicyclic) bond motifs is 4. The van der Waals surface area contributed by atoms with Crippen molar-refractivity contribution in [3.8, 4) is 0 Å². The van der Waals surface area contributed by atoms with E-state index in [0.29, 0.717) is 22.2 Å². The van der Waals surface area contributed by atoms with E-state index in [1.807, 2.05) is 11.1 Å². The molecule has 0 aromatic heterocycles. The number of rotatable bonds is 8. The van der Waals surface area contributed by atoms with Crippen molar-refractivity contribution in [3.63, 3.8) is 0 Å². The summed E-state index contributed by atoms with van der Waals surface area (Å²) in [4.78, 5) is 22.0. The molecule has 2 N–H and O–H groups in total. The van der Waals surface area contributed by atoms with Gasteiger partial charge in [-0.15, -0.1) is 16.5 Å². The first kappa shape index (κ1) is 38.4.